The minimum atomic E-state index is -0.526. The molecular formula is C19H31NOS. The Kier molecular flexibility index (Phi) is 5.91. The van der Waals surface area contributed by atoms with Crippen molar-refractivity contribution in [1.82, 2.24) is 0 Å². The number of hydrogen-bond acceptors (Lipinski definition) is 3. The third-order valence-corrected chi connectivity index (χ3v) is 6.35. The second-order valence-electron chi connectivity index (χ2n) is 5.78. The number of nitrogens with zero attached hydrogens (tertiary/aromatic N) is 1. The zero-order chi connectivity index (χ0) is 17.2. The predicted octanol–water partition coefficient (Wildman–Crippen LogP) is 5.75. The topological polar surface area (TPSA) is 21.6 Å². The van der Waals surface area contributed by atoms with Crippen LogP contribution in [0.15, 0.2) is 29.3 Å². The minimum absolute atomic E-state index is 0.0333. The Morgan fingerprint density at radius 3 is 1.95 bits per heavy atom. The van der Waals surface area contributed by atoms with Crippen LogP contribution in [0.5, 0.6) is 0 Å². The quantitative estimate of drug-likeness (QED) is 0.656. The van der Waals surface area contributed by atoms with Crippen molar-refractivity contribution in [3.63, 3.8) is 0 Å². The molecule has 124 valence electrons. The fraction of sp³-hybridized carbons (Fsp3) is 0.632. The van der Waals surface area contributed by atoms with Crippen molar-refractivity contribution in [2.45, 2.75) is 71.3 Å². The van der Waals surface area contributed by atoms with Crippen LogP contribution in [0.3, 0.4) is 0 Å². The molecule has 3 rings (SSSR count). The van der Waals surface area contributed by atoms with E-state index in [1.165, 1.54) is 11.1 Å². The molecule has 0 fully saturated rings. The molecule has 0 aromatic heterocycles. The Hall–Kier alpha value is -0.800. The van der Waals surface area contributed by atoms with Crippen molar-refractivity contribution in [3.8, 4) is 0 Å². The van der Waals surface area contributed by atoms with Gasteiger partial charge in [-0.3, -0.25) is 0 Å². The van der Waals surface area contributed by atoms with Gasteiger partial charge in [-0.15, -0.1) is 0 Å². The van der Waals surface area contributed by atoms with Crippen LogP contribution in [0.1, 0.15) is 66.5 Å². The highest BCUT2D eigenvalue weighted by molar-refractivity contribution is 8.15. The summed E-state index contributed by atoms with van der Waals surface area (Å²) in [6.07, 6.45) is 0. The average molecular weight is 322 g/mol. The maximum absolute atomic E-state index is 5.95. The molecule has 0 saturated carbocycles. The number of ether oxygens (including phenoxy) is 1. The molecule has 1 heterocycles. The summed E-state index contributed by atoms with van der Waals surface area (Å²) in [6.45, 7) is 17.0. The van der Waals surface area contributed by atoms with Crippen LogP contribution >= 0.6 is 11.8 Å². The van der Waals surface area contributed by atoms with Gasteiger partial charge in [0.1, 0.15) is 0 Å². The molecule has 2 nitrogen and oxygen atoms in total. The standard InChI is InChI=1S/C15H19NOS.2C2H6/c1-10-16-15(17-5)12-9-7-6-8-11(12)13(2,3)14(15,4)18-10;2*1-2/h6-9H,1-5H3;2*1-2H3. The van der Waals surface area contributed by atoms with Crippen LogP contribution in [0.25, 0.3) is 0 Å². The molecule has 0 radical (unpaired) electrons. The van der Waals surface area contributed by atoms with E-state index >= 15 is 0 Å². The molecule has 0 N–H and O–H groups in total. The number of benzene rings is 1. The van der Waals surface area contributed by atoms with E-state index < -0.39 is 5.72 Å². The number of thioether (sulfide) groups is 1. The van der Waals surface area contributed by atoms with Crippen molar-refractivity contribution < 1.29 is 4.74 Å². The molecule has 3 heteroatoms. The number of aliphatic imine (C=N–C) groups is 1. The lowest BCUT2D eigenvalue weighted by molar-refractivity contribution is -0.0371. The highest BCUT2D eigenvalue weighted by atomic mass is 32.2. The SMILES string of the molecule is CC.CC.COC12N=C(C)SC1(C)C(C)(C)c1ccccc12. The van der Waals surface area contributed by atoms with Crippen LogP contribution in [-0.4, -0.2) is 16.9 Å². The van der Waals surface area contributed by atoms with Crippen LogP contribution in [0.4, 0.5) is 0 Å². The van der Waals surface area contributed by atoms with E-state index in [9.17, 15) is 0 Å². The van der Waals surface area contributed by atoms with Gasteiger partial charge in [0, 0.05) is 18.1 Å². The fourth-order valence-corrected chi connectivity index (χ4v) is 5.02. The summed E-state index contributed by atoms with van der Waals surface area (Å²) < 4.78 is 5.87. The van der Waals surface area contributed by atoms with Gasteiger partial charge < -0.3 is 4.74 Å². The van der Waals surface area contributed by atoms with Gasteiger partial charge in [0.2, 0.25) is 5.72 Å². The van der Waals surface area contributed by atoms with Crippen molar-refractivity contribution in [2.75, 3.05) is 7.11 Å². The molecule has 0 amide bonds. The molecule has 2 atom stereocenters. The van der Waals surface area contributed by atoms with Gasteiger partial charge in [-0.25, -0.2) is 4.99 Å². The van der Waals surface area contributed by atoms with Crippen LogP contribution in [-0.2, 0) is 15.9 Å². The Morgan fingerprint density at radius 1 is 0.955 bits per heavy atom. The van der Waals surface area contributed by atoms with E-state index in [4.69, 9.17) is 9.73 Å². The monoisotopic (exact) mass is 321 g/mol. The second kappa shape index (κ2) is 6.76. The van der Waals surface area contributed by atoms with Gasteiger partial charge in [-0.05, 0) is 19.4 Å². The summed E-state index contributed by atoms with van der Waals surface area (Å²) in [7, 11) is 1.78. The Morgan fingerprint density at radius 2 is 1.45 bits per heavy atom. The highest BCUT2D eigenvalue weighted by Gasteiger charge is 2.68. The van der Waals surface area contributed by atoms with E-state index in [0.717, 1.165) is 5.04 Å². The first-order valence-electron chi connectivity index (χ1n) is 8.30. The largest absolute Gasteiger partial charge is 0.352 e. The summed E-state index contributed by atoms with van der Waals surface area (Å²) >= 11 is 1.85. The first kappa shape index (κ1) is 19.2. The normalized spacial score (nSPS) is 30.1. The number of hydrogen-bond donors (Lipinski definition) is 0. The van der Waals surface area contributed by atoms with Crippen LogP contribution < -0.4 is 0 Å². The average Bonchev–Trinajstić information content (AvgIpc) is 2.90. The summed E-state index contributed by atoms with van der Waals surface area (Å²) in [6, 6.07) is 8.56. The Balaban J connectivity index is 0.000000561. The van der Waals surface area contributed by atoms with E-state index in [1.54, 1.807) is 7.11 Å². The molecule has 2 unspecified atom stereocenters. The first-order valence-corrected chi connectivity index (χ1v) is 9.11. The zero-order valence-electron chi connectivity index (χ0n) is 15.6. The van der Waals surface area contributed by atoms with E-state index in [-0.39, 0.29) is 10.2 Å². The maximum atomic E-state index is 5.95. The van der Waals surface area contributed by atoms with Gasteiger partial charge in [0.25, 0.3) is 0 Å². The zero-order valence-corrected chi connectivity index (χ0v) is 16.4. The minimum Gasteiger partial charge on any atom is -0.352 e. The van der Waals surface area contributed by atoms with Crippen molar-refractivity contribution in [2.24, 2.45) is 4.99 Å². The molecule has 1 aliphatic heterocycles. The number of fused-ring (bicyclic) bond motifs is 3. The maximum Gasteiger partial charge on any atom is 0.201 e. The number of rotatable bonds is 1. The molecule has 1 aliphatic carbocycles. The molecule has 1 aromatic rings. The van der Waals surface area contributed by atoms with E-state index in [0.29, 0.717) is 0 Å². The summed E-state index contributed by atoms with van der Waals surface area (Å²) in [5.74, 6) is 0. The lowest BCUT2D eigenvalue weighted by atomic mass is 9.77. The van der Waals surface area contributed by atoms with Gasteiger partial charge >= 0.3 is 0 Å². The molecule has 1 aromatic carbocycles. The first-order chi connectivity index (χ1) is 10.4. The van der Waals surface area contributed by atoms with Crippen LogP contribution in [0, 0.1) is 0 Å². The molecule has 0 spiro atoms. The van der Waals surface area contributed by atoms with Gasteiger partial charge in [0.05, 0.1) is 9.79 Å². The van der Waals surface area contributed by atoms with Crippen LogP contribution in [0.2, 0.25) is 0 Å². The predicted molar refractivity (Wildman–Crippen MR) is 100.0 cm³/mol. The smallest absolute Gasteiger partial charge is 0.201 e. The van der Waals surface area contributed by atoms with Gasteiger partial charge in [-0.1, -0.05) is 77.6 Å². The summed E-state index contributed by atoms with van der Waals surface area (Å²) in [4.78, 5) is 4.87. The van der Waals surface area contributed by atoms with E-state index in [1.807, 2.05) is 39.5 Å². The molecule has 0 saturated heterocycles. The Bertz CT molecular complexity index is 552. The van der Waals surface area contributed by atoms with Crippen molar-refractivity contribution >= 4 is 16.8 Å². The lowest BCUT2D eigenvalue weighted by Crippen LogP contribution is -2.49. The highest BCUT2D eigenvalue weighted by Crippen LogP contribution is 2.66. The third-order valence-electron chi connectivity index (χ3n) is 4.77. The molecule has 22 heavy (non-hydrogen) atoms. The third kappa shape index (κ3) is 2.25. The van der Waals surface area contributed by atoms with E-state index in [2.05, 4.69) is 52.0 Å². The molecular weight excluding hydrogens is 290 g/mol. The van der Waals surface area contributed by atoms with Gasteiger partial charge in [-0.2, -0.15) is 0 Å². The fourth-order valence-electron chi connectivity index (χ4n) is 3.52. The van der Waals surface area contributed by atoms with Gasteiger partial charge in [0.15, 0.2) is 0 Å². The second-order valence-corrected chi connectivity index (χ2v) is 7.40. The number of methoxy groups -OCH3 is 1. The summed E-state index contributed by atoms with van der Waals surface area (Å²) in [5.41, 5.74) is 2.09. The van der Waals surface area contributed by atoms with Crippen molar-refractivity contribution in [3.05, 3.63) is 35.4 Å². The lowest BCUT2D eigenvalue weighted by Gasteiger charge is -2.42. The Labute approximate surface area is 140 Å². The summed E-state index contributed by atoms with van der Waals surface area (Å²) in [5, 5.41) is 1.11. The molecule has 2 aliphatic rings. The van der Waals surface area contributed by atoms with Crippen molar-refractivity contribution in [1.29, 1.82) is 0 Å². The molecule has 0 bridgehead atoms.